The van der Waals surface area contributed by atoms with E-state index in [4.69, 9.17) is 0 Å². The Bertz CT molecular complexity index is 3250. The Morgan fingerprint density at radius 2 is 0.559 bits per heavy atom. The minimum Gasteiger partial charge on any atom is -0.310 e. The minimum atomic E-state index is 1.11. The number of nitrogens with zero attached hydrogens (tertiary/aromatic N) is 1. The van der Waals surface area contributed by atoms with E-state index in [1.807, 2.05) is 0 Å². The predicted molar refractivity (Wildman–Crippen MR) is 255 cm³/mol. The van der Waals surface area contributed by atoms with Crippen LogP contribution in [0.5, 0.6) is 0 Å². The van der Waals surface area contributed by atoms with Crippen LogP contribution in [0.3, 0.4) is 0 Å². The van der Waals surface area contributed by atoms with Gasteiger partial charge in [-0.05, 0) is 160 Å². The van der Waals surface area contributed by atoms with Gasteiger partial charge in [0.05, 0.1) is 0 Å². The van der Waals surface area contributed by atoms with Gasteiger partial charge in [0.15, 0.2) is 0 Å². The lowest BCUT2D eigenvalue weighted by atomic mass is 10.00. The van der Waals surface area contributed by atoms with Crippen LogP contribution in [0.25, 0.3) is 88.3 Å². The van der Waals surface area contributed by atoms with Crippen LogP contribution in [0.2, 0.25) is 0 Å². The fraction of sp³-hybridized carbons (Fsp3) is 0. The Balaban J connectivity index is 0.925. The number of rotatable bonds is 7. The predicted octanol–water partition coefficient (Wildman–Crippen LogP) is 16.4. The molecule has 0 radical (unpaired) electrons. The number of hydrogen-bond donors (Lipinski definition) is 0. The van der Waals surface area contributed by atoms with Crippen LogP contribution in [0, 0.1) is 0 Å². The first-order chi connectivity index (χ1) is 29.2. The second-order valence-electron chi connectivity index (χ2n) is 15.5. The molecule has 0 fully saturated rings. The average molecular weight is 750 g/mol. The van der Waals surface area contributed by atoms with Crippen molar-refractivity contribution < 1.29 is 0 Å². The van der Waals surface area contributed by atoms with Crippen molar-refractivity contribution in [1.29, 1.82) is 0 Å². The van der Waals surface area contributed by atoms with Gasteiger partial charge in [0.2, 0.25) is 0 Å². The van der Waals surface area contributed by atoms with E-state index in [1.165, 1.54) is 87.2 Å². The lowest BCUT2D eigenvalue weighted by Gasteiger charge is -2.26. The van der Waals surface area contributed by atoms with Gasteiger partial charge >= 0.3 is 0 Å². The van der Waals surface area contributed by atoms with Crippen molar-refractivity contribution in [3.8, 4) is 22.3 Å². The molecule has 11 aromatic carbocycles. The normalized spacial score (nSPS) is 11.7. The zero-order chi connectivity index (χ0) is 39.1. The highest BCUT2D eigenvalue weighted by atomic mass is 15.1. The monoisotopic (exact) mass is 749 g/mol. The summed E-state index contributed by atoms with van der Waals surface area (Å²) in [5, 5.41) is 12.5. The van der Waals surface area contributed by atoms with Crippen LogP contribution in [-0.2, 0) is 0 Å². The summed E-state index contributed by atoms with van der Waals surface area (Å²) < 4.78 is 0. The molecule has 0 N–H and O–H groups in total. The van der Waals surface area contributed by atoms with Crippen LogP contribution in [-0.4, -0.2) is 0 Å². The molecule has 0 unspecified atom stereocenters. The lowest BCUT2D eigenvalue weighted by molar-refractivity contribution is 1.29. The van der Waals surface area contributed by atoms with Crippen LogP contribution in [0.15, 0.2) is 224 Å². The molecule has 0 heterocycles. The highest BCUT2D eigenvalue weighted by Gasteiger charge is 2.15. The molecule has 1 heteroatoms. The molecule has 0 saturated heterocycles. The summed E-state index contributed by atoms with van der Waals surface area (Å²) in [6.45, 7) is 0. The van der Waals surface area contributed by atoms with Gasteiger partial charge in [-0.25, -0.2) is 0 Å². The van der Waals surface area contributed by atoms with E-state index in [0.29, 0.717) is 0 Å². The third-order valence-electron chi connectivity index (χ3n) is 11.7. The Morgan fingerprint density at radius 1 is 0.220 bits per heavy atom. The van der Waals surface area contributed by atoms with Gasteiger partial charge in [-0.15, -0.1) is 0 Å². The highest BCUT2D eigenvalue weighted by Crippen LogP contribution is 2.39. The summed E-state index contributed by atoms with van der Waals surface area (Å²) in [7, 11) is 0. The maximum atomic E-state index is 2.37. The van der Waals surface area contributed by atoms with Crippen molar-refractivity contribution in [3.05, 3.63) is 236 Å². The highest BCUT2D eigenvalue weighted by molar-refractivity contribution is 5.99. The smallest absolute Gasteiger partial charge is 0.0468 e. The van der Waals surface area contributed by atoms with Crippen LogP contribution >= 0.6 is 0 Å². The first-order valence-corrected chi connectivity index (χ1v) is 20.3. The molecule has 1 nitrogen and oxygen atoms in total. The summed E-state index contributed by atoms with van der Waals surface area (Å²) in [4.78, 5) is 2.37. The van der Waals surface area contributed by atoms with Gasteiger partial charge in [-0.2, -0.15) is 0 Å². The summed E-state index contributed by atoms with van der Waals surface area (Å²) in [6.07, 6.45) is 4.44. The lowest BCUT2D eigenvalue weighted by Crippen LogP contribution is -2.09. The number of hydrogen-bond acceptors (Lipinski definition) is 1. The Labute approximate surface area is 344 Å². The Hall–Kier alpha value is -7.74. The molecular weight excluding hydrogens is 711 g/mol. The molecule has 0 aliphatic rings. The topological polar surface area (TPSA) is 3.24 Å². The molecule has 11 aromatic rings. The van der Waals surface area contributed by atoms with Crippen molar-refractivity contribution in [1.82, 2.24) is 0 Å². The summed E-state index contributed by atoms with van der Waals surface area (Å²) in [6, 6.07) is 81.9. The average Bonchev–Trinajstić information content (AvgIpc) is 3.30. The molecule has 0 aliphatic heterocycles. The maximum Gasteiger partial charge on any atom is 0.0468 e. The van der Waals surface area contributed by atoms with Crippen molar-refractivity contribution in [2.45, 2.75) is 0 Å². The van der Waals surface area contributed by atoms with Gasteiger partial charge in [0.25, 0.3) is 0 Å². The van der Waals surface area contributed by atoms with Crippen molar-refractivity contribution >= 4 is 83.1 Å². The van der Waals surface area contributed by atoms with E-state index in [0.717, 1.165) is 17.1 Å². The van der Waals surface area contributed by atoms with Gasteiger partial charge in [0.1, 0.15) is 0 Å². The third kappa shape index (κ3) is 6.79. The number of benzene rings is 11. The van der Waals surface area contributed by atoms with E-state index in [-0.39, 0.29) is 0 Å². The van der Waals surface area contributed by atoms with E-state index in [1.54, 1.807) is 0 Å². The standard InChI is InChI=1S/C58H39N/c1-3-9-46-35-51(21-19-42(46)7-1)44-23-28-56(29-24-44)59(57-30-25-45(26-31-57)52-22-20-43-8-2-4-10-47(43)36-52)58-32-27-50-33-40(16-18-54(50)39-58)13-14-41-15-17-53-37-48-11-5-6-12-49(48)38-55(53)34-41/h1-39H. The summed E-state index contributed by atoms with van der Waals surface area (Å²) in [5.74, 6) is 0. The molecule has 276 valence electrons. The first kappa shape index (κ1) is 34.5. The van der Waals surface area contributed by atoms with Crippen molar-refractivity contribution in [2.24, 2.45) is 0 Å². The number of anilines is 3. The van der Waals surface area contributed by atoms with Crippen LogP contribution in [0.1, 0.15) is 11.1 Å². The fourth-order valence-corrected chi connectivity index (χ4v) is 8.54. The van der Waals surface area contributed by atoms with Crippen LogP contribution < -0.4 is 4.90 Å². The van der Waals surface area contributed by atoms with E-state index in [9.17, 15) is 0 Å². The van der Waals surface area contributed by atoms with E-state index in [2.05, 4.69) is 242 Å². The molecule has 11 rings (SSSR count). The largest absolute Gasteiger partial charge is 0.310 e. The molecule has 0 aromatic heterocycles. The molecule has 0 saturated carbocycles. The second-order valence-corrected chi connectivity index (χ2v) is 15.5. The summed E-state index contributed by atoms with van der Waals surface area (Å²) in [5.41, 5.74) is 10.5. The van der Waals surface area contributed by atoms with E-state index < -0.39 is 0 Å². The SMILES string of the molecule is C(=Cc1ccc2cc3ccccc3cc2c1)c1ccc2cc(N(c3ccc(-c4ccc5ccccc5c4)cc3)c3ccc(-c4ccc5ccccc5c4)cc3)ccc2c1. The fourth-order valence-electron chi connectivity index (χ4n) is 8.54. The molecule has 0 aliphatic carbocycles. The third-order valence-corrected chi connectivity index (χ3v) is 11.7. The molecule has 0 atom stereocenters. The van der Waals surface area contributed by atoms with Crippen molar-refractivity contribution in [3.63, 3.8) is 0 Å². The van der Waals surface area contributed by atoms with Gasteiger partial charge in [-0.3, -0.25) is 0 Å². The van der Waals surface area contributed by atoms with Crippen LogP contribution in [0.4, 0.5) is 17.1 Å². The zero-order valence-corrected chi connectivity index (χ0v) is 32.5. The Kier molecular flexibility index (Phi) is 8.56. The van der Waals surface area contributed by atoms with Gasteiger partial charge in [0, 0.05) is 17.1 Å². The van der Waals surface area contributed by atoms with Gasteiger partial charge in [-0.1, -0.05) is 164 Å². The van der Waals surface area contributed by atoms with E-state index >= 15 is 0 Å². The molecule has 0 spiro atoms. The minimum absolute atomic E-state index is 1.11. The number of fused-ring (bicyclic) bond motifs is 5. The molecule has 0 amide bonds. The Morgan fingerprint density at radius 3 is 1.08 bits per heavy atom. The van der Waals surface area contributed by atoms with Crippen molar-refractivity contribution in [2.75, 3.05) is 4.90 Å². The summed E-state index contributed by atoms with van der Waals surface area (Å²) >= 11 is 0. The zero-order valence-electron chi connectivity index (χ0n) is 32.5. The molecule has 0 bridgehead atoms. The molecular formula is C58H39N. The van der Waals surface area contributed by atoms with Gasteiger partial charge < -0.3 is 4.90 Å². The first-order valence-electron chi connectivity index (χ1n) is 20.3. The molecule has 59 heavy (non-hydrogen) atoms. The second kappa shape index (κ2) is 14.6. The maximum absolute atomic E-state index is 2.37. The quantitative estimate of drug-likeness (QED) is 0.116.